The second-order valence-electron chi connectivity index (χ2n) is 12.5. The monoisotopic (exact) mass is 762 g/mol. The normalized spacial score (nSPS) is 14.4. The van der Waals surface area contributed by atoms with Crippen molar-refractivity contribution in [3.63, 3.8) is 0 Å². The number of ketones is 1. The first-order valence-electron chi connectivity index (χ1n) is 15.8. The molecule has 1 N–H and O–H groups in total. The van der Waals surface area contributed by atoms with Crippen molar-refractivity contribution in [2.24, 2.45) is 0 Å². The largest absolute Gasteiger partial charge is 0.510 e. The van der Waals surface area contributed by atoms with Crippen LogP contribution in [0.1, 0.15) is 68.4 Å². The molecule has 1 atom stereocenters. The summed E-state index contributed by atoms with van der Waals surface area (Å²) in [6.07, 6.45) is 0. The zero-order valence-corrected chi connectivity index (χ0v) is 33.1. The number of halogens is 2. The van der Waals surface area contributed by atoms with Gasteiger partial charge in [-0.05, 0) is 102 Å². The van der Waals surface area contributed by atoms with Gasteiger partial charge in [0.25, 0.3) is 0 Å². The van der Waals surface area contributed by atoms with E-state index in [0.717, 1.165) is 28.6 Å². The maximum Gasteiger partial charge on any atom is 0.321 e. The Labute approximate surface area is 313 Å². The minimum Gasteiger partial charge on any atom is -0.510 e. The summed E-state index contributed by atoms with van der Waals surface area (Å²) in [5.74, 6) is 0.427. The van der Waals surface area contributed by atoms with Crippen LogP contribution in [0.5, 0.6) is 17.2 Å². The number of ether oxygens (including phenoxy) is 4. The molecule has 1 aliphatic heterocycles. The molecule has 1 unspecified atom stereocenters. The first kappa shape index (κ1) is 41.1. The second-order valence-corrected chi connectivity index (χ2v) is 16.5. The van der Waals surface area contributed by atoms with Crippen LogP contribution in [-0.2, 0) is 24.9 Å². The molecule has 0 spiro atoms. The number of rotatable bonds is 12. The molecule has 0 saturated heterocycles. The molecule has 12 heteroatoms. The van der Waals surface area contributed by atoms with Crippen LogP contribution in [0.2, 0.25) is 10.0 Å². The van der Waals surface area contributed by atoms with Gasteiger partial charge in [0, 0.05) is 26.9 Å². The number of carbonyl (C=O) groups is 3. The molecule has 0 aliphatic carbocycles. The van der Waals surface area contributed by atoms with E-state index in [1.165, 1.54) is 26.0 Å². The summed E-state index contributed by atoms with van der Waals surface area (Å²) in [6.45, 7) is 12.8. The molecule has 1 heterocycles. The Morgan fingerprint density at radius 3 is 1.98 bits per heavy atom. The molecule has 0 fully saturated rings. The van der Waals surface area contributed by atoms with Crippen molar-refractivity contribution in [2.75, 3.05) is 27.9 Å². The fourth-order valence-corrected chi connectivity index (χ4v) is 7.86. The Hall–Kier alpha value is -3.31. The molecule has 0 amide bonds. The number of Topliss-reactive ketones (excluding diaryl/α,β-unsaturated/α-hetero) is 1. The number of esters is 1. The fraction of sp³-hybridized carbons (Fsp3) is 0.395. The van der Waals surface area contributed by atoms with Crippen LogP contribution in [0, 0.1) is 13.8 Å². The summed E-state index contributed by atoms with van der Waals surface area (Å²) in [5, 5.41) is 11.2. The average Bonchev–Trinajstić information content (AvgIpc) is 3.26. The minimum atomic E-state index is -1.11. The van der Waals surface area contributed by atoms with Gasteiger partial charge in [0.15, 0.2) is 5.78 Å². The third-order valence-corrected chi connectivity index (χ3v) is 11.0. The summed E-state index contributed by atoms with van der Waals surface area (Å²) in [6, 6.07) is 14.4. The van der Waals surface area contributed by atoms with Gasteiger partial charge in [0.2, 0.25) is 5.12 Å². The Morgan fingerprint density at radius 1 is 0.920 bits per heavy atom. The lowest BCUT2D eigenvalue weighted by Gasteiger charge is -2.29. The van der Waals surface area contributed by atoms with Crippen LogP contribution in [0.25, 0.3) is 5.57 Å². The number of aryl methyl sites for hydroxylation is 2. The van der Waals surface area contributed by atoms with Crippen molar-refractivity contribution >= 4 is 69.2 Å². The topological polar surface area (TPSA) is 108 Å². The van der Waals surface area contributed by atoms with Crippen molar-refractivity contribution < 1.29 is 38.4 Å². The van der Waals surface area contributed by atoms with E-state index < -0.39 is 21.4 Å². The molecule has 0 saturated carbocycles. The van der Waals surface area contributed by atoms with Crippen molar-refractivity contribution in [3.05, 3.63) is 92.2 Å². The van der Waals surface area contributed by atoms with Gasteiger partial charge in [0.05, 0.1) is 43.0 Å². The first-order valence-corrected chi connectivity index (χ1v) is 18.3. The van der Waals surface area contributed by atoms with Crippen molar-refractivity contribution in [2.45, 2.75) is 69.6 Å². The lowest BCUT2D eigenvalue weighted by Crippen LogP contribution is -2.38. The summed E-state index contributed by atoms with van der Waals surface area (Å²) in [5.41, 5.74) is 3.99. The van der Waals surface area contributed by atoms with Gasteiger partial charge in [-0.3, -0.25) is 14.4 Å². The summed E-state index contributed by atoms with van der Waals surface area (Å²) in [4.78, 5) is 38.8. The van der Waals surface area contributed by atoms with Crippen molar-refractivity contribution in [1.29, 1.82) is 0 Å². The second kappa shape index (κ2) is 17.3. The third-order valence-electron chi connectivity index (χ3n) is 8.05. The summed E-state index contributed by atoms with van der Waals surface area (Å²) < 4.78 is 19.8. The standard InChI is InChI=1S/C24H29ClO5S.C14H15ClO3S/c1-7-30-23(27)21(20-15(2)12-17(25)13-19(20)29-6)22(26)24(3,4)31-14-16-8-10-18(28-5)11-9-16;1-7-5-8(15)6-9(18-4)10(7)11-12(16)14(2,3)19-13(11)17/h8-13,21H,7,14H2,1-6H3;5-6,16H,1-4H3. The molecule has 0 bridgehead atoms. The van der Waals surface area contributed by atoms with E-state index in [9.17, 15) is 19.5 Å². The van der Waals surface area contributed by atoms with Crippen LogP contribution in [0.3, 0.4) is 0 Å². The highest BCUT2D eigenvalue weighted by Crippen LogP contribution is 2.48. The number of benzene rings is 3. The molecule has 270 valence electrons. The molecular formula is C38H44Cl2O8S2. The van der Waals surface area contributed by atoms with Crippen LogP contribution < -0.4 is 14.2 Å². The molecule has 1 aliphatic rings. The number of aliphatic hydroxyl groups excluding tert-OH is 1. The zero-order valence-electron chi connectivity index (χ0n) is 30.0. The third kappa shape index (κ3) is 9.51. The van der Waals surface area contributed by atoms with Gasteiger partial charge in [-0.2, -0.15) is 0 Å². The summed E-state index contributed by atoms with van der Waals surface area (Å²) >= 11 is 14.7. The van der Waals surface area contributed by atoms with Crippen LogP contribution in [0.15, 0.2) is 54.3 Å². The highest BCUT2D eigenvalue weighted by Gasteiger charge is 2.43. The van der Waals surface area contributed by atoms with Crippen LogP contribution in [-0.4, -0.2) is 59.4 Å². The Bertz CT molecular complexity index is 1770. The Balaban J connectivity index is 0.000000303. The molecular weight excluding hydrogens is 719 g/mol. The summed E-state index contributed by atoms with van der Waals surface area (Å²) in [7, 11) is 4.63. The van der Waals surface area contributed by atoms with Crippen LogP contribution >= 0.6 is 46.7 Å². The molecule has 0 aromatic heterocycles. The van der Waals surface area contributed by atoms with E-state index in [-0.39, 0.29) is 23.3 Å². The van der Waals surface area contributed by atoms with Gasteiger partial charge < -0.3 is 24.1 Å². The first-order chi connectivity index (χ1) is 23.4. The molecule has 50 heavy (non-hydrogen) atoms. The lowest BCUT2D eigenvalue weighted by molar-refractivity contribution is -0.148. The fourth-order valence-electron chi connectivity index (χ4n) is 5.39. The van der Waals surface area contributed by atoms with Crippen LogP contribution in [0.4, 0.5) is 0 Å². The van der Waals surface area contributed by atoms with E-state index in [0.29, 0.717) is 49.6 Å². The molecule has 0 radical (unpaired) electrons. The highest BCUT2D eigenvalue weighted by molar-refractivity contribution is 8.16. The van der Waals surface area contributed by atoms with E-state index in [2.05, 4.69) is 0 Å². The average molecular weight is 764 g/mol. The predicted octanol–water partition coefficient (Wildman–Crippen LogP) is 9.57. The number of hydrogen-bond acceptors (Lipinski definition) is 10. The smallest absolute Gasteiger partial charge is 0.321 e. The molecule has 8 nitrogen and oxygen atoms in total. The number of carbonyl (C=O) groups excluding carboxylic acids is 3. The number of hydrogen-bond donors (Lipinski definition) is 1. The Morgan fingerprint density at radius 2 is 1.48 bits per heavy atom. The Kier molecular flexibility index (Phi) is 14.2. The van der Waals surface area contributed by atoms with Gasteiger partial charge in [-0.1, -0.05) is 47.1 Å². The zero-order chi connectivity index (χ0) is 37.6. The van der Waals surface area contributed by atoms with Gasteiger partial charge in [-0.15, -0.1) is 11.8 Å². The van der Waals surface area contributed by atoms with E-state index in [1.807, 2.05) is 58.9 Å². The van der Waals surface area contributed by atoms with Crippen molar-refractivity contribution in [1.82, 2.24) is 0 Å². The molecule has 3 aromatic carbocycles. The minimum absolute atomic E-state index is 0.0891. The maximum absolute atomic E-state index is 13.7. The van der Waals surface area contributed by atoms with E-state index in [1.54, 1.807) is 45.2 Å². The molecule has 3 aromatic rings. The van der Waals surface area contributed by atoms with Gasteiger partial charge >= 0.3 is 5.97 Å². The quantitative estimate of drug-likeness (QED) is 0.142. The van der Waals surface area contributed by atoms with Crippen molar-refractivity contribution in [3.8, 4) is 17.2 Å². The molecule has 4 rings (SSSR count). The highest BCUT2D eigenvalue weighted by atomic mass is 35.5. The SMILES string of the molecule is CCOC(=O)C(C(=O)C(C)(C)SCc1ccc(OC)cc1)c1c(C)cc(Cl)cc1OC.COc1cc(Cl)cc(C)c1C1=C(O)C(C)(C)SC1=O. The van der Waals surface area contributed by atoms with Gasteiger partial charge in [-0.25, -0.2) is 0 Å². The predicted molar refractivity (Wildman–Crippen MR) is 204 cm³/mol. The van der Waals surface area contributed by atoms with E-state index >= 15 is 0 Å². The lowest BCUT2D eigenvalue weighted by atomic mass is 9.85. The number of thioether (sulfide) groups is 2. The van der Waals surface area contributed by atoms with Gasteiger partial charge in [0.1, 0.15) is 28.9 Å². The number of methoxy groups -OCH3 is 3. The number of aliphatic hydroxyl groups is 1. The maximum atomic E-state index is 13.7. The van der Waals surface area contributed by atoms with E-state index in [4.69, 9.17) is 42.1 Å².